The Morgan fingerprint density at radius 1 is 1.18 bits per heavy atom. The van der Waals surface area contributed by atoms with E-state index >= 15 is 0 Å². The zero-order valence-electron chi connectivity index (χ0n) is 17.4. The fraction of sp³-hybridized carbons (Fsp3) is 0.455. The average Bonchev–Trinajstić information content (AvgIpc) is 3.00. The molecule has 0 amide bonds. The summed E-state index contributed by atoms with van der Waals surface area (Å²) in [5.74, 6) is 0.914. The molecule has 5 nitrogen and oxygen atoms in total. The predicted molar refractivity (Wildman–Crippen MR) is 115 cm³/mol. The zero-order valence-corrected chi connectivity index (χ0v) is 18.2. The molecule has 0 radical (unpaired) electrons. The number of fused-ring (bicyclic) bond motifs is 1. The van der Waals surface area contributed by atoms with Crippen LogP contribution in [0.2, 0.25) is 5.02 Å². The van der Waals surface area contributed by atoms with Gasteiger partial charge >= 0.3 is 0 Å². The van der Waals surface area contributed by atoms with Crippen molar-refractivity contribution in [1.29, 1.82) is 0 Å². The first kappa shape index (κ1) is 20.6. The second-order valence-corrected chi connectivity index (χ2v) is 7.78. The number of pyridine rings is 2. The summed E-state index contributed by atoms with van der Waals surface area (Å²) in [4.78, 5) is 9.58. The van der Waals surface area contributed by atoms with Gasteiger partial charge in [-0.2, -0.15) is 0 Å². The lowest BCUT2D eigenvalue weighted by Gasteiger charge is -2.18. The van der Waals surface area contributed by atoms with Gasteiger partial charge in [0.15, 0.2) is 0 Å². The Labute approximate surface area is 171 Å². The molecule has 0 saturated heterocycles. The molecule has 0 fully saturated rings. The molecule has 3 rings (SSSR count). The number of aromatic nitrogens is 3. The molecular weight excluding hydrogens is 374 g/mol. The number of hydrogen-bond donors (Lipinski definition) is 0. The third-order valence-corrected chi connectivity index (χ3v) is 5.37. The van der Waals surface area contributed by atoms with E-state index < -0.39 is 0 Å². The fourth-order valence-electron chi connectivity index (χ4n) is 3.50. The Balaban J connectivity index is 2.17. The molecular formula is C22H28ClN3O2. The van der Waals surface area contributed by atoms with Gasteiger partial charge in [0.25, 0.3) is 0 Å². The molecule has 3 aromatic rings. The van der Waals surface area contributed by atoms with Crippen LogP contribution in [0, 0.1) is 6.92 Å². The molecule has 3 heterocycles. The summed E-state index contributed by atoms with van der Waals surface area (Å²) in [6.07, 6.45) is 2.90. The molecule has 0 saturated carbocycles. The van der Waals surface area contributed by atoms with Crippen LogP contribution in [0.5, 0.6) is 5.88 Å². The molecule has 6 heteroatoms. The largest absolute Gasteiger partial charge is 0.480 e. The molecule has 3 aromatic heterocycles. The molecule has 0 aliphatic rings. The van der Waals surface area contributed by atoms with Crippen molar-refractivity contribution >= 4 is 22.6 Å². The third-order valence-electron chi connectivity index (χ3n) is 5.10. The van der Waals surface area contributed by atoms with E-state index in [1.165, 1.54) is 0 Å². The zero-order chi connectivity index (χ0) is 20.4. The van der Waals surface area contributed by atoms with E-state index in [9.17, 15) is 0 Å². The highest BCUT2D eigenvalue weighted by molar-refractivity contribution is 6.35. The Kier molecular flexibility index (Phi) is 6.26. The highest BCUT2D eigenvalue weighted by Crippen LogP contribution is 2.36. The molecule has 150 valence electrons. The van der Waals surface area contributed by atoms with Crippen LogP contribution in [0.1, 0.15) is 50.4 Å². The van der Waals surface area contributed by atoms with Gasteiger partial charge in [-0.3, -0.25) is 0 Å². The lowest BCUT2D eigenvalue weighted by Crippen LogP contribution is -2.12. The van der Waals surface area contributed by atoms with Gasteiger partial charge in [0.1, 0.15) is 5.52 Å². The Hall–Kier alpha value is -2.11. The van der Waals surface area contributed by atoms with Gasteiger partial charge in [-0.25, -0.2) is 9.97 Å². The second kappa shape index (κ2) is 8.50. The van der Waals surface area contributed by atoms with Crippen LogP contribution in [0.4, 0.5) is 0 Å². The van der Waals surface area contributed by atoms with Crippen molar-refractivity contribution in [3.8, 4) is 17.1 Å². The van der Waals surface area contributed by atoms with Crippen LogP contribution < -0.4 is 4.74 Å². The number of aryl methyl sites for hydroxylation is 1. The van der Waals surface area contributed by atoms with Gasteiger partial charge in [0, 0.05) is 19.0 Å². The minimum absolute atomic E-state index is 0.216. The monoisotopic (exact) mass is 401 g/mol. The summed E-state index contributed by atoms with van der Waals surface area (Å²) in [7, 11) is 3.36. The van der Waals surface area contributed by atoms with E-state index in [1.54, 1.807) is 14.2 Å². The van der Waals surface area contributed by atoms with Crippen LogP contribution in [-0.4, -0.2) is 35.4 Å². The van der Waals surface area contributed by atoms with Crippen molar-refractivity contribution in [3.05, 3.63) is 40.7 Å². The minimum Gasteiger partial charge on any atom is -0.480 e. The molecule has 1 atom stereocenters. The van der Waals surface area contributed by atoms with Crippen LogP contribution in [0.15, 0.2) is 24.4 Å². The molecule has 28 heavy (non-hydrogen) atoms. The molecule has 1 unspecified atom stereocenters. The summed E-state index contributed by atoms with van der Waals surface area (Å²) in [6.45, 7) is 9.06. The van der Waals surface area contributed by atoms with Gasteiger partial charge in [-0.05, 0) is 43.0 Å². The number of nitrogens with zero attached hydrogens (tertiary/aromatic N) is 3. The van der Waals surface area contributed by atoms with Crippen molar-refractivity contribution in [2.24, 2.45) is 0 Å². The van der Waals surface area contributed by atoms with E-state index in [2.05, 4.69) is 43.3 Å². The maximum absolute atomic E-state index is 6.56. The normalized spacial score (nSPS) is 12.7. The van der Waals surface area contributed by atoms with Gasteiger partial charge in [-0.15, -0.1) is 0 Å². The van der Waals surface area contributed by atoms with Crippen molar-refractivity contribution < 1.29 is 9.47 Å². The van der Waals surface area contributed by atoms with Gasteiger partial charge in [0.2, 0.25) is 5.88 Å². The first-order valence-electron chi connectivity index (χ1n) is 9.63. The van der Waals surface area contributed by atoms with Crippen LogP contribution in [0.3, 0.4) is 0 Å². The number of hydrogen-bond acceptors (Lipinski definition) is 4. The molecule has 0 spiro atoms. The predicted octanol–water partition coefficient (Wildman–Crippen LogP) is 5.79. The first-order valence-corrected chi connectivity index (χ1v) is 10.0. The van der Waals surface area contributed by atoms with E-state index in [-0.39, 0.29) is 6.04 Å². The summed E-state index contributed by atoms with van der Waals surface area (Å²) in [6, 6.07) is 6.42. The quantitative estimate of drug-likeness (QED) is 0.502. The number of halogens is 1. The Morgan fingerprint density at radius 3 is 2.54 bits per heavy atom. The molecule has 0 aliphatic carbocycles. The highest BCUT2D eigenvalue weighted by atomic mass is 35.5. The summed E-state index contributed by atoms with van der Waals surface area (Å²) in [5.41, 5.74) is 5.56. The smallest absolute Gasteiger partial charge is 0.222 e. The molecule has 0 N–H and O–H groups in total. The van der Waals surface area contributed by atoms with Crippen LogP contribution in [-0.2, 0) is 4.74 Å². The fourth-order valence-corrected chi connectivity index (χ4v) is 3.74. The molecule has 0 bridgehead atoms. The van der Waals surface area contributed by atoms with E-state index in [4.69, 9.17) is 26.1 Å². The van der Waals surface area contributed by atoms with Crippen LogP contribution in [0.25, 0.3) is 22.3 Å². The van der Waals surface area contributed by atoms with E-state index in [0.717, 1.165) is 40.0 Å². The maximum Gasteiger partial charge on any atom is 0.222 e. The lowest BCUT2D eigenvalue weighted by molar-refractivity contribution is 0.155. The summed E-state index contributed by atoms with van der Waals surface area (Å²) >= 11 is 6.56. The topological polar surface area (TPSA) is 49.2 Å². The van der Waals surface area contributed by atoms with Gasteiger partial charge < -0.3 is 14.0 Å². The van der Waals surface area contributed by atoms with Crippen molar-refractivity contribution in [1.82, 2.24) is 14.5 Å². The van der Waals surface area contributed by atoms with E-state index in [0.29, 0.717) is 23.4 Å². The number of ether oxygens (including phenoxy) is 2. The van der Waals surface area contributed by atoms with Crippen LogP contribution >= 0.6 is 11.6 Å². The Morgan fingerprint density at radius 2 is 1.93 bits per heavy atom. The van der Waals surface area contributed by atoms with Crippen molar-refractivity contribution in [2.75, 3.05) is 20.8 Å². The maximum atomic E-state index is 6.56. The van der Waals surface area contributed by atoms with Crippen molar-refractivity contribution in [3.63, 3.8) is 0 Å². The standard InChI is InChI=1S/C22H28ClN3O2/c1-7-15(12-27-5)26-11-17(23)21-19(26)10-14(4)20(25-21)16-8-9-18(13(2)3)24-22(16)28-6/h8-11,13,15H,7,12H2,1-6H3. The molecule has 0 aromatic carbocycles. The lowest BCUT2D eigenvalue weighted by atomic mass is 10.0. The highest BCUT2D eigenvalue weighted by Gasteiger charge is 2.20. The summed E-state index contributed by atoms with van der Waals surface area (Å²) < 4.78 is 13.1. The summed E-state index contributed by atoms with van der Waals surface area (Å²) in [5, 5.41) is 0.636. The third kappa shape index (κ3) is 3.74. The van der Waals surface area contributed by atoms with Gasteiger partial charge in [-0.1, -0.05) is 32.4 Å². The van der Waals surface area contributed by atoms with E-state index in [1.807, 2.05) is 18.3 Å². The first-order chi connectivity index (χ1) is 13.4. The molecule has 0 aliphatic heterocycles. The number of rotatable bonds is 7. The average molecular weight is 402 g/mol. The SMILES string of the molecule is CCC(COC)n1cc(Cl)c2nc(-c3ccc(C(C)C)nc3OC)c(C)cc21. The minimum atomic E-state index is 0.216. The Bertz CT molecular complexity index is 982. The van der Waals surface area contributed by atoms with Crippen molar-refractivity contribution in [2.45, 2.75) is 46.1 Å². The van der Waals surface area contributed by atoms with Gasteiger partial charge in [0.05, 0.1) is 41.6 Å². The number of methoxy groups -OCH3 is 2. The second-order valence-electron chi connectivity index (χ2n) is 7.37.